The largest absolute Gasteiger partial charge is 0.432 e. The standard InChI is InChI=1S/C33H37N5O6Si/c1-22-31(45(2,3)43)30(16-17-36-20-28(34-35-36)26(21-39)24-12-8-5-9-13-24)44-33(22)27-18-25(38(41)42)14-15-29(27)37(32(33)40)19-23-10-6-4-7-11-23/h4-15,18,20,22,26,30-31,39,43H,16-17,19,21H2,1-3H3/t22-,26?,30+,31-,33+/m0/s1. The van der Waals surface area contributed by atoms with Crippen molar-refractivity contribution < 1.29 is 24.4 Å². The second-order valence-electron chi connectivity index (χ2n) is 12.5. The Morgan fingerprint density at radius 1 is 1.09 bits per heavy atom. The molecule has 234 valence electrons. The molecule has 12 heteroatoms. The number of hydrogen-bond acceptors (Lipinski definition) is 8. The number of aromatic nitrogens is 3. The van der Waals surface area contributed by atoms with Crippen molar-refractivity contribution in [3.05, 3.63) is 118 Å². The van der Waals surface area contributed by atoms with Crippen molar-refractivity contribution in [2.24, 2.45) is 5.92 Å². The number of aryl methyl sites for hydroxylation is 1. The van der Waals surface area contributed by atoms with E-state index in [0.29, 0.717) is 29.9 Å². The van der Waals surface area contributed by atoms with E-state index in [0.717, 1.165) is 11.1 Å². The van der Waals surface area contributed by atoms with Crippen LogP contribution in [-0.2, 0) is 28.2 Å². The highest BCUT2D eigenvalue weighted by Gasteiger charge is 2.66. The van der Waals surface area contributed by atoms with Gasteiger partial charge in [0.25, 0.3) is 11.6 Å². The number of benzene rings is 3. The quantitative estimate of drug-likeness (QED) is 0.146. The highest BCUT2D eigenvalue weighted by molar-refractivity contribution is 6.71. The van der Waals surface area contributed by atoms with Gasteiger partial charge in [-0.05, 0) is 36.7 Å². The van der Waals surface area contributed by atoms with Crippen LogP contribution in [-0.4, -0.2) is 56.8 Å². The third kappa shape index (κ3) is 5.48. The maximum atomic E-state index is 14.5. The summed E-state index contributed by atoms with van der Waals surface area (Å²) in [6.07, 6.45) is 1.72. The number of anilines is 1. The minimum Gasteiger partial charge on any atom is -0.432 e. The number of non-ortho nitro benzene ring substituents is 1. The van der Waals surface area contributed by atoms with E-state index >= 15 is 0 Å². The van der Waals surface area contributed by atoms with Gasteiger partial charge in [0.15, 0.2) is 13.9 Å². The summed E-state index contributed by atoms with van der Waals surface area (Å²) in [5.41, 5.74) is 1.58. The number of carbonyl (C=O) groups is 1. The molecule has 1 aromatic heterocycles. The van der Waals surface area contributed by atoms with Crippen LogP contribution in [0.25, 0.3) is 0 Å². The Labute approximate surface area is 262 Å². The van der Waals surface area contributed by atoms with Crippen LogP contribution in [0.4, 0.5) is 11.4 Å². The number of nitrogens with zero attached hydrogens (tertiary/aromatic N) is 5. The SMILES string of the molecule is C[C@H]1[C@H]([Si](C)(C)O)[C@@H](CCn2cc(C(CO)c3ccccc3)nn2)O[C@]12C(=O)N(Cc1ccccc1)c1ccc([N+](=O)[O-])cc12. The molecule has 4 aromatic rings. The van der Waals surface area contributed by atoms with Gasteiger partial charge in [-0.2, -0.15) is 0 Å². The number of nitro benzene ring substituents is 1. The van der Waals surface area contributed by atoms with E-state index in [9.17, 15) is 24.8 Å². The first-order valence-electron chi connectivity index (χ1n) is 15.2. The van der Waals surface area contributed by atoms with Crippen molar-refractivity contribution in [1.82, 2.24) is 15.0 Å². The zero-order chi connectivity index (χ0) is 31.9. The van der Waals surface area contributed by atoms with E-state index in [1.54, 1.807) is 21.8 Å². The molecule has 11 nitrogen and oxygen atoms in total. The topological polar surface area (TPSA) is 144 Å². The molecule has 0 aliphatic carbocycles. The summed E-state index contributed by atoms with van der Waals surface area (Å²) >= 11 is 0. The molecule has 0 radical (unpaired) electrons. The van der Waals surface area contributed by atoms with Crippen molar-refractivity contribution in [3.8, 4) is 0 Å². The maximum absolute atomic E-state index is 14.5. The minimum atomic E-state index is -2.93. The molecule has 2 aliphatic rings. The average molecular weight is 628 g/mol. The fraction of sp³-hybridized carbons (Fsp3) is 0.364. The lowest BCUT2D eigenvalue weighted by molar-refractivity contribution is -0.385. The molecule has 1 saturated heterocycles. The highest BCUT2D eigenvalue weighted by Crippen LogP contribution is 2.60. The Hall–Kier alpha value is -4.23. The first-order chi connectivity index (χ1) is 21.5. The molecule has 1 fully saturated rings. The van der Waals surface area contributed by atoms with Gasteiger partial charge >= 0.3 is 0 Å². The third-order valence-corrected chi connectivity index (χ3v) is 11.8. The number of amides is 1. The zero-order valence-electron chi connectivity index (χ0n) is 25.5. The van der Waals surface area contributed by atoms with Crippen molar-refractivity contribution in [2.45, 2.75) is 62.7 Å². The lowest BCUT2D eigenvalue weighted by Crippen LogP contribution is -2.46. The van der Waals surface area contributed by atoms with Gasteiger partial charge in [-0.15, -0.1) is 5.10 Å². The number of aliphatic hydroxyl groups excluding tert-OH is 1. The minimum absolute atomic E-state index is 0.117. The summed E-state index contributed by atoms with van der Waals surface area (Å²) in [5.74, 6) is -1.05. The molecule has 3 heterocycles. The van der Waals surface area contributed by atoms with Crippen molar-refractivity contribution in [3.63, 3.8) is 0 Å². The van der Waals surface area contributed by atoms with Crippen LogP contribution >= 0.6 is 0 Å². The summed E-state index contributed by atoms with van der Waals surface area (Å²) in [5, 5.41) is 30.6. The number of nitro groups is 1. The van der Waals surface area contributed by atoms with Crippen LogP contribution in [0.5, 0.6) is 0 Å². The molecule has 1 amide bonds. The number of fused-ring (bicyclic) bond motifs is 2. The van der Waals surface area contributed by atoms with Gasteiger partial charge in [0.2, 0.25) is 0 Å². The van der Waals surface area contributed by atoms with Crippen LogP contribution in [0.2, 0.25) is 18.6 Å². The maximum Gasteiger partial charge on any atom is 0.269 e. The summed E-state index contributed by atoms with van der Waals surface area (Å²) in [6.45, 7) is 6.18. The van der Waals surface area contributed by atoms with E-state index in [1.807, 2.05) is 80.7 Å². The fourth-order valence-electron chi connectivity index (χ4n) is 7.27. The second-order valence-corrected chi connectivity index (χ2v) is 16.5. The number of rotatable bonds is 10. The van der Waals surface area contributed by atoms with Crippen molar-refractivity contribution >= 4 is 25.6 Å². The molecule has 0 saturated carbocycles. The van der Waals surface area contributed by atoms with Gasteiger partial charge in [0, 0.05) is 41.9 Å². The molecular formula is C33H37N5O6Si. The Kier molecular flexibility index (Phi) is 8.16. The Bertz CT molecular complexity index is 1690. The molecular weight excluding hydrogens is 590 g/mol. The number of carbonyl (C=O) groups excluding carboxylic acids is 1. The number of ether oxygens (including phenoxy) is 1. The van der Waals surface area contributed by atoms with Gasteiger partial charge < -0.3 is 19.5 Å². The summed E-state index contributed by atoms with van der Waals surface area (Å²) in [7, 11) is -2.93. The van der Waals surface area contributed by atoms with E-state index in [2.05, 4.69) is 10.3 Å². The molecule has 3 aromatic carbocycles. The monoisotopic (exact) mass is 627 g/mol. The normalized spacial score (nSPS) is 23.4. The highest BCUT2D eigenvalue weighted by atomic mass is 28.4. The molecule has 1 spiro atoms. The van der Waals surface area contributed by atoms with Crippen LogP contribution in [0.3, 0.4) is 0 Å². The fourth-order valence-corrected chi connectivity index (χ4v) is 9.87. The zero-order valence-corrected chi connectivity index (χ0v) is 26.5. The van der Waals surface area contributed by atoms with E-state index in [4.69, 9.17) is 4.74 Å². The molecule has 6 rings (SSSR count). The summed E-state index contributed by atoms with van der Waals surface area (Å²) in [4.78, 5) is 39.1. The van der Waals surface area contributed by atoms with E-state index < -0.39 is 30.9 Å². The molecule has 2 aliphatic heterocycles. The lowest BCUT2D eigenvalue weighted by atomic mass is 9.82. The van der Waals surface area contributed by atoms with Gasteiger partial charge in [-0.1, -0.05) is 72.8 Å². The molecule has 0 bridgehead atoms. The first kappa shape index (κ1) is 30.8. The van der Waals surface area contributed by atoms with Gasteiger partial charge in [0.1, 0.15) is 0 Å². The summed E-state index contributed by atoms with van der Waals surface area (Å²) < 4.78 is 8.52. The summed E-state index contributed by atoms with van der Waals surface area (Å²) in [6, 6.07) is 23.7. The van der Waals surface area contributed by atoms with E-state index in [1.165, 1.54) is 12.1 Å². The first-order valence-corrected chi connectivity index (χ1v) is 18.2. The predicted octanol–water partition coefficient (Wildman–Crippen LogP) is 4.75. The van der Waals surface area contributed by atoms with Crippen LogP contribution in [0.15, 0.2) is 85.1 Å². The smallest absolute Gasteiger partial charge is 0.269 e. The Morgan fingerprint density at radius 3 is 2.42 bits per heavy atom. The van der Waals surface area contributed by atoms with Crippen LogP contribution < -0.4 is 4.90 Å². The van der Waals surface area contributed by atoms with Crippen LogP contribution in [0.1, 0.15) is 41.6 Å². The number of aliphatic hydroxyl groups is 1. The Balaban J connectivity index is 1.33. The van der Waals surface area contributed by atoms with E-state index in [-0.39, 0.29) is 36.2 Å². The van der Waals surface area contributed by atoms with Crippen molar-refractivity contribution in [2.75, 3.05) is 11.5 Å². The van der Waals surface area contributed by atoms with Crippen LogP contribution in [0, 0.1) is 16.0 Å². The molecule has 45 heavy (non-hydrogen) atoms. The molecule has 5 atom stereocenters. The number of hydrogen-bond donors (Lipinski definition) is 2. The van der Waals surface area contributed by atoms with Gasteiger partial charge in [-0.25, -0.2) is 0 Å². The van der Waals surface area contributed by atoms with Crippen molar-refractivity contribution in [1.29, 1.82) is 0 Å². The molecule has 1 unspecified atom stereocenters. The van der Waals surface area contributed by atoms with Gasteiger partial charge in [-0.3, -0.25) is 19.6 Å². The Morgan fingerprint density at radius 2 is 1.78 bits per heavy atom. The molecule has 2 N–H and O–H groups in total. The second kappa shape index (κ2) is 11.9. The van der Waals surface area contributed by atoms with Gasteiger partial charge in [0.05, 0.1) is 41.5 Å². The third-order valence-electron chi connectivity index (χ3n) is 9.30. The lowest BCUT2D eigenvalue weighted by Gasteiger charge is -2.32. The predicted molar refractivity (Wildman–Crippen MR) is 170 cm³/mol. The average Bonchev–Trinajstić information content (AvgIpc) is 3.68.